The molecule has 3 rings (SSSR count). The molecule has 20 heavy (non-hydrogen) atoms. The van der Waals surface area contributed by atoms with Crippen LogP contribution in [0.4, 0.5) is 0 Å². The van der Waals surface area contributed by atoms with Gasteiger partial charge in [0.05, 0.1) is 6.61 Å². The Hall–Kier alpha value is -0.860. The smallest absolute Gasteiger partial charge is 0.0713 e. The summed E-state index contributed by atoms with van der Waals surface area (Å²) in [6.07, 6.45) is 7.06. The van der Waals surface area contributed by atoms with E-state index in [9.17, 15) is 0 Å². The minimum atomic E-state index is 0.729. The molecule has 1 aromatic rings. The first kappa shape index (κ1) is 14.1. The summed E-state index contributed by atoms with van der Waals surface area (Å²) in [7, 11) is 1.78. The Morgan fingerprint density at radius 2 is 2.05 bits per heavy atom. The van der Waals surface area contributed by atoms with Crippen LogP contribution in [0.25, 0.3) is 0 Å². The molecule has 0 bridgehead atoms. The van der Waals surface area contributed by atoms with Crippen molar-refractivity contribution in [1.29, 1.82) is 0 Å². The number of benzene rings is 1. The fourth-order valence-electron chi connectivity index (χ4n) is 4.26. The molecule has 2 atom stereocenters. The predicted molar refractivity (Wildman–Crippen MR) is 82.8 cm³/mol. The van der Waals surface area contributed by atoms with Crippen molar-refractivity contribution >= 4 is 0 Å². The van der Waals surface area contributed by atoms with Crippen molar-refractivity contribution < 1.29 is 4.74 Å². The van der Waals surface area contributed by atoms with Crippen LogP contribution in [0.3, 0.4) is 0 Å². The third-order valence-corrected chi connectivity index (χ3v) is 5.22. The Balaban J connectivity index is 1.79. The maximum Gasteiger partial charge on any atom is 0.0713 e. The van der Waals surface area contributed by atoms with Crippen molar-refractivity contribution in [2.75, 3.05) is 20.2 Å². The van der Waals surface area contributed by atoms with Crippen LogP contribution in [-0.4, -0.2) is 20.2 Å². The van der Waals surface area contributed by atoms with Crippen LogP contribution in [0, 0.1) is 11.8 Å². The molecule has 1 saturated carbocycles. The van der Waals surface area contributed by atoms with E-state index in [1.165, 1.54) is 56.3 Å². The Bertz CT molecular complexity index is 425. The van der Waals surface area contributed by atoms with Crippen molar-refractivity contribution in [2.45, 2.75) is 44.6 Å². The summed E-state index contributed by atoms with van der Waals surface area (Å²) in [5.41, 5.74) is 2.85. The SMILES string of the molecule is COCc1cccc(C2CCNCC2C2CCCC2)c1. The van der Waals surface area contributed by atoms with Gasteiger partial charge < -0.3 is 10.1 Å². The lowest BCUT2D eigenvalue weighted by atomic mass is 9.73. The van der Waals surface area contributed by atoms with E-state index in [4.69, 9.17) is 4.74 Å². The number of ether oxygens (including phenoxy) is 1. The lowest BCUT2D eigenvalue weighted by Gasteiger charge is -2.36. The van der Waals surface area contributed by atoms with Crippen LogP contribution in [0.5, 0.6) is 0 Å². The van der Waals surface area contributed by atoms with E-state index in [1.807, 2.05) is 0 Å². The molecule has 1 aliphatic carbocycles. The third kappa shape index (κ3) is 3.07. The van der Waals surface area contributed by atoms with Gasteiger partial charge in [-0.3, -0.25) is 0 Å². The predicted octanol–water partition coefficient (Wildman–Crippen LogP) is 3.72. The van der Waals surface area contributed by atoms with E-state index in [2.05, 4.69) is 29.6 Å². The lowest BCUT2D eigenvalue weighted by molar-refractivity contribution is 0.184. The van der Waals surface area contributed by atoms with Gasteiger partial charge in [0, 0.05) is 7.11 Å². The molecule has 1 heterocycles. The van der Waals surface area contributed by atoms with Crippen LogP contribution in [-0.2, 0) is 11.3 Å². The maximum absolute atomic E-state index is 5.28. The first-order valence-electron chi connectivity index (χ1n) is 8.17. The topological polar surface area (TPSA) is 21.3 Å². The Labute approximate surface area is 122 Å². The number of hydrogen-bond acceptors (Lipinski definition) is 2. The monoisotopic (exact) mass is 273 g/mol. The van der Waals surface area contributed by atoms with Gasteiger partial charge in [0.1, 0.15) is 0 Å². The lowest BCUT2D eigenvalue weighted by Crippen LogP contribution is -2.38. The van der Waals surface area contributed by atoms with Crippen molar-refractivity contribution in [3.63, 3.8) is 0 Å². The molecule has 1 aromatic carbocycles. The summed E-state index contributed by atoms with van der Waals surface area (Å²) >= 11 is 0. The molecule has 110 valence electrons. The minimum absolute atomic E-state index is 0.729. The van der Waals surface area contributed by atoms with E-state index in [1.54, 1.807) is 7.11 Å². The maximum atomic E-state index is 5.28. The number of methoxy groups -OCH3 is 1. The molecule has 0 amide bonds. The van der Waals surface area contributed by atoms with Gasteiger partial charge in [-0.2, -0.15) is 0 Å². The molecule has 2 heteroatoms. The summed E-state index contributed by atoms with van der Waals surface area (Å²) < 4.78 is 5.28. The van der Waals surface area contributed by atoms with E-state index >= 15 is 0 Å². The zero-order valence-electron chi connectivity index (χ0n) is 12.6. The van der Waals surface area contributed by atoms with Gasteiger partial charge in [0.25, 0.3) is 0 Å². The molecular weight excluding hydrogens is 246 g/mol. The largest absolute Gasteiger partial charge is 0.380 e. The quantitative estimate of drug-likeness (QED) is 0.903. The highest BCUT2D eigenvalue weighted by atomic mass is 16.5. The van der Waals surface area contributed by atoms with E-state index in [-0.39, 0.29) is 0 Å². The molecule has 2 fully saturated rings. The van der Waals surface area contributed by atoms with Crippen molar-refractivity contribution in [2.24, 2.45) is 11.8 Å². The van der Waals surface area contributed by atoms with Crippen LogP contribution >= 0.6 is 0 Å². The summed E-state index contributed by atoms with van der Waals surface area (Å²) in [5, 5.41) is 3.63. The van der Waals surface area contributed by atoms with Crippen LogP contribution < -0.4 is 5.32 Å². The summed E-state index contributed by atoms with van der Waals surface area (Å²) in [4.78, 5) is 0. The zero-order valence-corrected chi connectivity index (χ0v) is 12.6. The molecule has 1 aliphatic heterocycles. The van der Waals surface area contributed by atoms with E-state index in [0.29, 0.717) is 0 Å². The molecule has 0 aromatic heterocycles. The van der Waals surface area contributed by atoms with Crippen molar-refractivity contribution in [3.8, 4) is 0 Å². The Kier molecular flexibility index (Phi) is 4.74. The van der Waals surface area contributed by atoms with Gasteiger partial charge in [-0.25, -0.2) is 0 Å². The number of hydrogen-bond donors (Lipinski definition) is 1. The van der Waals surface area contributed by atoms with Gasteiger partial charge in [-0.05, 0) is 48.4 Å². The van der Waals surface area contributed by atoms with E-state index < -0.39 is 0 Å². The molecule has 2 nitrogen and oxygen atoms in total. The average molecular weight is 273 g/mol. The molecule has 1 saturated heterocycles. The molecule has 0 spiro atoms. The molecule has 2 aliphatic rings. The second kappa shape index (κ2) is 6.73. The Morgan fingerprint density at radius 3 is 2.85 bits per heavy atom. The van der Waals surface area contributed by atoms with Gasteiger partial charge in [0.2, 0.25) is 0 Å². The number of piperidine rings is 1. The highest BCUT2D eigenvalue weighted by Gasteiger charge is 2.34. The minimum Gasteiger partial charge on any atom is -0.380 e. The summed E-state index contributed by atoms with van der Waals surface area (Å²) in [5.74, 6) is 2.53. The number of nitrogens with one attached hydrogen (secondary N) is 1. The van der Waals surface area contributed by atoms with Crippen molar-refractivity contribution in [1.82, 2.24) is 5.32 Å². The summed E-state index contributed by atoms with van der Waals surface area (Å²) in [6.45, 7) is 3.11. The highest BCUT2D eigenvalue weighted by Crippen LogP contribution is 2.42. The highest BCUT2D eigenvalue weighted by molar-refractivity contribution is 5.27. The fourth-order valence-corrected chi connectivity index (χ4v) is 4.26. The molecular formula is C18H27NO. The Morgan fingerprint density at radius 1 is 1.20 bits per heavy atom. The normalized spacial score (nSPS) is 27.9. The van der Waals surface area contributed by atoms with Crippen LogP contribution in [0.1, 0.15) is 49.1 Å². The van der Waals surface area contributed by atoms with Gasteiger partial charge >= 0.3 is 0 Å². The van der Waals surface area contributed by atoms with Gasteiger partial charge in [0.15, 0.2) is 0 Å². The van der Waals surface area contributed by atoms with Crippen LogP contribution in [0.15, 0.2) is 24.3 Å². The summed E-state index contributed by atoms with van der Waals surface area (Å²) in [6, 6.07) is 9.09. The second-order valence-corrected chi connectivity index (χ2v) is 6.49. The van der Waals surface area contributed by atoms with Gasteiger partial charge in [-0.1, -0.05) is 49.9 Å². The van der Waals surface area contributed by atoms with Crippen molar-refractivity contribution in [3.05, 3.63) is 35.4 Å². The van der Waals surface area contributed by atoms with Crippen LogP contribution in [0.2, 0.25) is 0 Å². The first-order chi connectivity index (χ1) is 9.88. The molecule has 0 radical (unpaired) electrons. The molecule has 2 unspecified atom stereocenters. The van der Waals surface area contributed by atoms with Gasteiger partial charge in [-0.15, -0.1) is 0 Å². The standard InChI is InChI=1S/C18H27NO/c1-20-13-14-5-4-8-16(11-14)17-9-10-19-12-18(17)15-6-2-3-7-15/h4-5,8,11,15,17-19H,2-3,6-7,9-10,12-13H2,1H3. The second-order valence-electron chi connectivity index (χ2n) is 6.49. The number of rotatable bonds is 4. The zero-order chi connectivity index (χ0) is 13.8. The average Bonchev–Trinajstić information content (AvgIpc) is 3.02. The third-order valence-electron chi connectivity index (χ3n) is 5.22. The molecule has 1 N–H and O–H groups in total. The first-order valence-corrected chi connectivity index (χ1v) is 8.17. The van der Waals surface area contributed by atoms with E-state index in [0.717, 1.165) is 24.4 Å². The fraction of sp³-hybridized carbons (Fsp3) is 0.667.